The summed E-state index contributed by atoms with van der Waals surface area (Å²) in [4.78, 5) is 0. The van der Waals surface area contributed by atoms with Crippen molar-refractivity contribution in [3.05, 3.63) is 0 Å². The molecule has 1 rings (SSSR count). The van der Waals surface area contributed by atoms with E-state index in [4.69, 9.17) is 15.6 Å². The molecule has 8 heavy (non-hydrogen) atoms. The minimum atomic E-state index is -0.344. The number of rotatable bonds is 0. The maximum atomic E-state index is 8.97. The third-order valence-electron chi connectivity index (χ3n) is 1.36. The van der Waals surface area contributed by atoms with Gasteiger partial charge in [0.1, 0.15) is 0 Å². The highest BCUT2D eigenvalue weighted by Gasteiger charge is 2.18. The van der Waals surface area contributed by atoms with Gasteiger partial charge in [-0.25, -0.2) is 0 Å². The zero-order valence-electron chi connectivity index (χ0n) is 4.71. The van der Waals surface area contributed by atoms with Gasteiger partial charge in [0.05, 0.1) is 18.8 Å². The summed E-state index contributed by atoms with van der Waals surface area (Å²) >= 11 is 0. The Morgan fingerprint density at radius 3 is 2.75 bits per heavy atom. The highest BCUT2D eigenvalue weighted by atomic mass is 16.5. The van der Waals surface area contributed by atoms with Gasteiger partial charge in [-0.2, -0.15) is 0 Å². The Morgan fingerprint density at radius 2 is 2.38 bits per heavy atom. The second-order valence-corrected chi connectivity index (χ2v) is 2.09. The van der Waals surface area contributed by atoms with Gasteiger partial charge in [0.2, 0.25) is 0 Å². The van der Waals surface area contributed by atoms with Crippen molar-refractivity contribution in [2.45, 2.75) is 18.6 Å². The molecule has 1 saturated heterocycles. The first-order chi connectivity index (χ1) is 3.80. The standard InChI is InChI=1S/C5H11NO2/c6-4-3-8-2-1-5(4)7/h4-5,7H,1-3,6H2/t4?,5-/m0/s1. The van der Waals surface area contributed by atoms with E-state index in [1.165, 1.54) is 0 Å². The summed E-state index contributed by atoms with van der Waals surface area (Å²) < 4.78 is 4.97. The van der Waals surface area contributed by atoms with Crippen molar-refractivity contribution in [1.29, 1.82) is 0 Å². The van der Waals surface area contributed by atoms with Gasteiger partial charge in [-0.3, -0.25) is 0 Å². The Morgan fingerprint density at radius 1 is 1.62 bits per heavy atom. The highest BCUT2D eigenvalue weighted by Crippen LogP contribution is 2.03. The number of hydrogen-bond donors (Lipinski definition) is 2. The van der Waals surface area contributed by atoms with Gasteiger partial charge >= 0.3 is 0 Å². The van der Waals surface area contributed by atoms with Crippen LogP contribution in [0.5, 0.6) is 0 Å². The smallest absolute Gasteiger partial charge is 0.0735 e. The Labute approximate surface area is 48.4 Å². The van der Waals surface area contributed by atoms with Crippen LogP contribution in [-0.2, 0) is 4.74 Å². The molecule has 1 heterocycles. The van der Waals surface area contributed by atoms with Crippen molar-refractivity contribution < 1.29 is 9.84 Å². The average Bonchev–Trinajstić information content (AvgIpc) is 1.77. The van der Waals surface area contributed by atoms with Crippen LogP contribution in [0.4, 0.5) is 0 Å². The molecule has 1 aliphatic heterocycles. The summed E-state index contributed by atoms with van der Waals surface area (Å²) in [6.45, 7) is 1.15. The summed E-state index contributed by atoms with van der Waals surface area (Å²) in [5.41, 5.74) is 5.40. The van der Waals surface area contributed by atoms with E-state index in [9.17, 15) is 0 Å². The first-order valence-electron chi connectivity index (χ1n) is 2.82. The molecule has 3 nitrogen and oxygen atoms in total. The van der Waals surface area contributed by atoms with Gasteiger partial charge < -0.3 is 15.6 Å². The first-order valence-corrected chi connectivity index (χ1v) is 2.82. The van der Waals surface area contributed by atoms with Crippen molar-refractivity contribution >= 4 is 0 Å². The molecule has 3 N–H and O–H groups in total. The van der Waals surface area contributed by atoms with Crippen LogP contribution in [0.3, 0.4) is 0 Å². The quantitative estimate of drug-likeness (QED) is 0.432. The van der Waals surface area contributed by atoms with E-state index in [0.29, 0.717) is 19.6 Å². The second-order valence-electron chi connectivity index (χ2n) is 2.09. The van der Waals surface area contributed by atoms with Crippen LogP contribution >= 0.6 is 0 Å². The minimum absolute atomic E-state index is 0.163. The zero-order chi connectivity index (χ0) is 5.98. The van der Waals surface area contributed by atoms with Crippen molar-refractivity contribution in [2.75, 3.05) is 13.2 Å². The Bertz CT molecular complexity index is 66.8. The third kappa shape index (κ3) is 1.18. The number of hydrogen-bond acceptors (Lipinski definition) is 3. The number of nitrogens with two attached hydrogens (primary N) is 1. The van der Waals surface area contributed by atoms with E-state index in [0.717, 1.165) is 0 Å². The molecule has 0 aliphatic carbocycles. The van der Waals surface area contributed by atoms with Crippen LogP contribution in [0.15, 0.2) is 0 Å². The van der Waals surface area contributed by atoms with E-state index in [-0.39, 0.29) is 12.1 Å². The van der Waals surface area contributed by atoms with Crippen molar-refractivity contribution in [1.82, 2.24) is 0 Å². The molecule has 0 aromatic rings. The van der Waals surface area contributed by atoms with Crippen molar-refractivity contribution in [2.24, 2.45) is 5.73 Å². The van der Waals surface area contributed by atoms with E-state index in [1.54, 1.807) is 0 Å². The summed E-state index contributed by atoms with van der Waals surface area (Å²) in [6, 6.07) is -0.163. The largest absolute Gasteiger partial charge is 0.391 e. The van der Waals surface area contributed by atoms with Gasteiger partial charge in [0.15, 0.2) is 0 Å². The number of aliphatic hydroxyl groups is 1. The Hall–Kier alpha value is -0.120. The van der Waals surface area contributed by atoms with Crippen LogP contribution in [0.25, 0.3) is 0 Å². The average molecular weight is 117 g/mol. The fourth-order valence-corrected chi connectivity index (χ4v) is 0.749. The molecule has 0 aromatic carbocycles. The fourth-order valence-electron chi connectivity index (χ4n) is 0.749. The van der Waals surface area contributed by atoms with E-state index in [2.05, 4.69) is 0 Å². The molecule has 1 unspecified atom stereocenters. The summed E-state index contributed by atoms with van der Waals surface area (Å²) in [7, 11) is 0. The predicted octanol–water partition coefficient (Wildman–Crippen LogP) is -0.905. The minimum Gasteiger partial charge on any atom is -0.391 e. The lowest BCUT2D eigenvalue weighted by Gasteiger charge is -2.23. The molecule has 1 aliphatic rings. The molecule has 48 valence electrons. The highest BCUT2D eigenvalue weighted by molar-refractivity contribution is 4.74. The summed E-state index contributed by atoms with van der Waals surface area (Å²) in [6.07, 6.45) is 0.338. The zero-order valence-corrected chi connectivity index (χ0v) is 4.71. The Kier molecular flexibility index (Phi) is 1.83. The Balaban J connectivity index is 2.28. The molecule has 2 atom stereocenters. The normalized spacial score (nSPS) is 39.8. The maximum absolute atomic E-state index is 8.97. The molecule has 0 amide bonds. The lowest BCUT2D eigenvalue weighted by molar-refractivity contribution is -0.00319. The van der Waals surface area contributed by atoms with E-state index < -0.39 is 0 Å². The van der Waals surface area contributed by atoms with Gasteiger partial charge in [0.25, 0.3) is 0 Å². The topological polar surface area (TPSA) is 55.5 Å². The molecule has 0 bridgehead atoms. The fraction of sp³-hybridized carbons (Fsp3) is 1.00. The molecule has 1 fully saturated rings. The van der Waals surface area contributed by atoms with Crippen LogP contribution in [0.1, 0.15) is 6.42 Å². The third-order valence-corrected chi connectivity index (χ3v) is 1.36. The molecular formula is C5H11NO2. The van der Waals surface area contributed by atoms with E-state index in [1.807, 2.05) is 0 Å². The molecular weight excluding hydrogens is 106 g/mol. The predicted molar refractivity (Wildman–Crippen MR) is 29.4 cm³/mol. The van der Waals surface area contributed by atoms with Crippen LogP contribution < -0.4 is 5.73 Å². The molecule has 3 heteroatoms. The van der Waals surface area contributed by atoms with Gasteiger partial charge in [0, 0.05) is 6.61 Å². The molecule has 0 saturated carbocycles. The monoisotopic (exact) mass is 117 g/mol. The van der Waals surface area contributed by atoms with Gasteiger partial charge in [-0.05, 0) is 6.42 Å². The molecule has 0 spiro atoms. The molecule has 0 radical (unpaired) electrons. The van der Waals surface area contributed by atoms with Crippen LogP contribution in [0, 0.1) is 0 Å². The SMILES string of the molecule is NC1COCC[C@@H]1O. The van der Waals surface area contributed by atoms with Crippen LogP contribution in [-0.4, -0.2) is 30.5 Å². The summed E-state index contributed by atoms with van der Waals surface area (Å²) in [5, 5.41) is 8.97. The van der Waals surface area contributed by atoms with Crippen LogP contribution in [0.2, 0.25) is 0 Å². The van der Waals surface area contributed by atoms with Crippen molar-refractivity contribution in [3.63, 3.8) is 0 Å². The summed E-state index contributed by atoms with van der Waals surface area (Å²) in [5.74, 6) is 0. The molecule has 0 aromatic heterocycles. The lowest BCUT2D eigenvalue weighted by atomic mass is 10.1. The van der Waals surface area contributed by atoms with E-state index >= 15 is 0 Å². The van der Waals surface area contributed by atoms with Crippen molar-refractivity contribution in [3.8, 4) is 0 Å². The van der Waals surface area contributed by atoms with Gasteiger partial charge in [-0.1, -0.05) is 0 Å². The number of aliphatic hydroxyl groups excluding tert-OH is 1. The number of ether oxygens (including phenoxy) is 1. The maximum Gasteiger partial charge on any atom is 0.0735 e. The van der Waals surface area contributed by atoms with Gasteiger partial charge in [-0.15, -0.1) is 0 Å². The first kappa shape index (κ1) is 6.01. The lowest BCUT2D eigenvalue weighted by Crippen LogP contribution is -2.43. The second kappa shape index (κ2) is 2.44.